The number of piperidine rings is 1. The Bertz CT molecular complexity index is 1050. The van der Waals surface area contributed by atoms with Crippen molar-refractivity contribution in [2.24, 2.45) is 0 Å². The highest BCUT2D eigenvalue weighted by Gasteiger charge is 2.46. The summed E-state index contributed by atoms with van der Waals surface area (Å²) in [6.45, 7) is 7.91. The van der Waals surface area contributed by atoms with Gasteiger partial charge in [-0.05, 0) is 74.6 Å². The van der Waals surface area contributed by atoms with Gasteiger partial charge in [0.1, 0.15) is 0 Å². The Balaban J connectivity index is 1.20. The number of likely N-dealkylation sites (tertiary alicyclic amines) is 1. The standard InChI is InChI=1S/C25H28N4/c1-19-25(21-7-3-4-8-24(21)28(19)2)11-16-29(17-12-25)15-5-6-20-9-10-22-23(18-20)27-14-13-26-22/h3-4,7-10,13-14,18H,1,5-6,11-12,15-17H2,2H3. The van der Waals surface area contributed by atoms with E-state index < -0.39 is 0 Å². The molecule has 2 aliphatic heterocycles. The molecular weight excluding hydrogens is 356 g/mol. The molecular formula is C25H28N4. The van der Waals surface area contributed by atoms with Crippen LogP contribution in [0.3, 0.4) is 0 Å². The Kier molecular flexibility index (Phi) is 4.59. The molecule has 1 fully saturated rings. The summed E-state index contributed by atoms with van der Waals surface area (Å²) in [6.07, 6.45) is 8.11. The van der Waals surface area contributed by atoms with Crippen LogP contribution in [0.2, 0.25) is 0 Å². The maximum absolute atomic E-state index is 4.47. The molecule has 2 aromatic carbocycles. The van der Waals surface area contributed by atoms with E-state index in [-0.39, 0.29) is 5.41 Å². The van der Waals surface area contributed by atoms with Gasteiger partial charge in [-0.25, -0.2) is 0 Å². The first-order valence-electron chi connectivity index (χ1n) is 10.6. The lowest BCUT2D eigenvalue weighted by Crippen LogP contribution is -2.43. The van der Waals surface area contributed by atoms with Crippen molar-refractivity contribution in [2.45, 2.75) is 31.1 Å². The number of rotatable bonds is 4. The number of likely N-dealkylation sites (N-methyl/N-ethyl adjacent to an activating group) is 1. The molecule has 0 unspecified atom stereocenters. The van der Waals surface area contributed by atoms with Gasteiger partial charge in [-0.3, -0.25) is 9.97 Å². The van der Waals surface area contributed by atoms with Crippen LogP contribution in [0.5, 0.6) is 0 Å². The van der Waals surface area contributed by atoms with Crippen molar-refractivity contribution in [3.8, 4) is 0 Å². The zero-order valence-electron chi connectivity index (χ0n) is 17.1. The lowest BCUT2D eigenvalue weighted by Gasteiger charge is -2.41. The molecule has 1 aromatic heterocycles. The van der Waals surface area contributed by atoms with Crippen LogP contribution in [0.1, 0.15) is 30.4 Å². The zero-order valence-corrected chi connectivity index (χ0v) is 17.1. The van der Waals surface area contributed by atoms with Crippen molar-refractivity contribution >= 4 is 16.7 Å². The highest BCUT2D eigenvalue weighted by atomic mass is 15.2. The van der Waals surface area contributed by atoms with Crippen molar-refractivity contribution in [1.82, 2.24) is 14.9 Å². The van der Waals surface area contributed by atoms with E-state index >= 15 is 0 Å². The lowest BCUT2D eigenvalue weighted by molar-refractivity contribution is 0.178. The number of nitrogens with zero attached hydrogens (tertiary/aromatic N) is 4. The molecule has 0 amide bonds. The van der Waals surface area contributed by atoms with E-state index in [0.717, 1.165) is 37.1 Å². The number of hydrogen-bond donors (Lipinski definition) is 0. The summed E-state index contributed by atoms with van der Waals surface area (Å²) in [4.78, 5) is 13.7. The average Bonchev–Trinajstić information content (AvgIpc) is 2.97. The minimum absolute atomic E-state index is 0.138. The molecule has 29 heavy (non-hydrogen) atoms. The fourth-order valence-corrected chi connectivity index (χ4v) is 5.18. The highest BCUT2D eigenvalue weighted by Crippen LogP contribution is 2.51. The molecule has 3 heterocycles. The molecule has 5 rings (SSSR count). The molecule has 0 N–H and O–H groups in total. The minimum atomic E-state index is 0.138. The molecule has 2 aliphatic rings. The van der Waals surface area contributed by atoms with E-state index in [9.17, 15) is 0 Å². The number of benzene rings is 2. The first kappa shape index (κ1) is 18.3. The van der Waals surface area contributed by atoms with Crippen molar-refractivity contribution in [2.75, 3.05) is 31.6 Å². The molecule has 0 bridgehead atoms. The third-order valence-electron chi connectivity index (χ3n) is 6.92. The Morgan fingerprint density at radius 3 is 2.59 bits per heavy atom. The number of hydrogen-bond acceptors (Lipinski definition) is 4. The molecule has 4 nitrogen and oxygen atoms in total. The number of para-hydroxylation sites is 1. The van der Waals surface area contributed by atoms with Gasteiger partial charge < -0.3 is 9.80 Å². The largest absolute Gasteiger partial charge is 0.348 e. The number of allylic oxidation sites excluding steroid dienone is 1. The van der Waals surface area contributed by atoms with Crippen molar-refractivity contribution in [1.29, 1.82) is 0 Å². The van der Waals surface area contributed by atoms with Crippen molar-refractivity contribution in [3.63, 3.8) is 0 Å². The van der Waals surface area contributed by atoms with E-state index in [2.05, 4.69) is 75.9 Å². The van der Waals surface area contributed by atoms with Crippen LogP contribution in [-0.2, 0) is 11.8 Å². The summed E-state index contributed by atoms with van der Waals surface area (Å²) < 4.78 is 0. The van der Waals surface area contributed by atoms with Crippen LogP contribution in [0, 0.1) is 0 Å². The van der Waals surface area contributed by atoms with Gasteiger partial charge in [0, 0.05) is 36.2 Å². The van der Waals surface area contributed by atoms with Gasteiger partial charge in [-0.1, -0.05) is 30.8 Å². The van der Waals surface area contributed by atoms with Gasteiger partial charge in [-0.15, -0.1) is 0 Å². The molecule has 0 aliphatic carbocycles. The maximum Gasteiger partial charge on any atom is 0.0889 e. The lowest BCUT2D eigenvalue weighted by atomic mass is 9.72. The zero-order chi connectivity index (χ0) is 19.8. The fourth-order valence-electron chi connectivity index (χ4n) is 5.18. The summed E-state index contributed by atoms with van der Waals surface area (Å²) in [6, 6.07) is 15.3. The first-order chi connectivity index (χ1) is 14.2. The number of anilines is 1. The van der Waals surface area contributed by atoms with Crippen LogP contribution in [0.4, 0.5) is 5.69 Å². The first-order valence-corrected chi connectivity index (χ1v) is 10.6. The van der Waals surface area contributed by atoms with E-state index in [1.165, 1.54) is 41.8 Å². The summed E-state index contributed by atoms with van der Waals surface area (Å²) in [5.74, 6) is 0. The SMILES string of the molecule is C=C1N(C)c2ccccc2C12CCN(CCCc1ccc3nccnc3c1)CC2. The maximum atomic E-state index is 4.47. The second-order valence-electron chi connectivity index (χ2n) is 8.43. The van der Waals surface area contributed by atoms with Gasteiger partial charge in [0.15, 0.2) is 0 Å². The van der Waals surface area contributed by atoms with Crippen LogP contribution in [0.25, 0.3) is 11.0 Å². The van der Waals surface area contributed by atoms with Crippen molar-refractivity contribution in [3.05, 3.63) is 78.3 Å². The van der Waals surface area contributed by atoms with Crippen LogP contribution in [0.15, 0.2) is 67.1 Å². The Labute approximate surface area is 172 Å². The van der Waals surface area contributed by atoms with E-state index in [1.54, 1.807) is 12.4 Å². The van der Waals surface area contributed by atoms with E-state index in [1.807, 2.05) is 0 Å². The van der Waals surface area contributed by atoms with Crippen LogP contribution >= 0.6 is 0 Å². The highest BCUT2D eigenvalue weighted by molar-refractivity contribution is 5.74. The third kappa shape index (κ3) is 3.12. The van der Waals surface area contributed by atoms with Gasteiger partial charge in [0.25, 0.3) is 0 Å². The van der Waals surface area contributed by atoms with Crippen LogP contribution in [-0.4, -0.2) is 41.5 Å². The van der Waals surface area contributed by atoms with E-state index in [4.69, 9.17) is 0 Å². The molecule has 1 spiro atoms. The summed E-state index contributed by atoms with van der Waals surface area (Å²) >= 11 is 0. The molecule has 0 atom stereocenters. The predicted molar refractivity (Wildman–Crippen MR) is 119 cm³/mol. The summed E-state index contributed by atoms with van der Waals surface area (Å²) in [5.41, 5.74) is 7.54. The van der Waals surface area contributed by atoms with Gasteiger partial charge in [0.2, 0.25) is 0 Å². The quantitative estimate of drug-likeness (QED) is 0.660. The monoisotopic (exact) mass is 384 g/mol. The van der Waals surface area contributed by atoms with Crippen molar-refractivity contribution < 1.29 is 0 Å². The summed E-state index contributed by atoms with van der Waals surface area (Å²) in [7, 11) is 2.16. The van der Waals surface area contributed by atoms with Gasteiger partial charge in [0.05, 0.1) is 11.0 Å². The Morgan fingerprint density at radius 1 is 1.00 bits per heavy atom. The molecule has 1 saturated heterocycles. The minimum Gasteiger partial charge on any atom is -0.348 e. The number of aryl methyl sites for hydroxylation is 1. The molecule has 0 radical (unpaired) electrons. The molecule has 3 aromatic rings. The predicted octanol–water partition coefficient (Wildman–Crippen LogP) is 4.56. The van der Waals surface area contributed by atoms with Crippen LogP contribution < -0.4 is 4.90 Å². The second-order valence-corrected chi connectivity index (χ2v) is 8.43. The normalized spacial score (nSPS) is 18.5. The summed E-state index contributed by atoms with van der Waals surface area (Å²) in [5, 5.41) is 0. The molecule has 148 valence electrons. The Hall–Kier alpha value is -2.72. The number of aromatic nitrogens is 2. The third-order valence-corrected chi connectivity index (χ3v) is 6.92. The van der Waals surface area contributed by atoms with Gasteiger partial charge >= 0.3 is 0 Å². The molecule has 4 heteroatoms. The average molecular weight is 385 g/mol. The van der Waals surface area contributed by atoms with Gasteiger partial charge in [-0.2, -0.15) is 0 Å². The van der Waals surface area contributed by atoms with E-state index in [0.29, 0.717) is 0 Å². The smallest absolute Gasteiger partial charge is 0.0889 e. The number of fused-ring (bicyclic) bond motifs is 3. The fraction of sp³-hybridized carbons (Fsp3) is 0.360. The second kappa shape index (κ2) is 7.27. The molecule has 0 saturated carbocycles. The Morgan fingerprint density at radius 2 is 1.76 bits per heavy atom. The topological polar surface area (TPSA) is 32.3 Å².